The van der Waals surface area contributed by atoms with Crippen molar-refractivity contribution in [2.24, 2.45) is 0 Å². The Hall–Kier alpha value is -2.37. The number of amides is 1. The predicted molar refractivity (Wildman–Crippen MR) is 103 cm³/mol. The highest BCUT2D eigenvalue weighted by Gasteiger charge is 2.34. The molecule has 1 aliphatic heterocycles. The van der Waals surface area contributed by atoms with E-state index in [-0.39, 0.29) is 11.8 Å². The summed E-state index contributed by atoms with van der Waals surface area (Å²) in [7, 11) is 1.69. The third kappa shape index (κ3) is 3.08. The number of ether oxygens (including phenoxy) is 1. The summed E-state index contributed by atoms with van der Waals surface area (Å²) in [6.45, 7) is 1.93. The summed E-state index contributed by atoms with van der Waals surface area (Å²) in [5, 5.41) is 0.631. The minimum atomic E-state index is 0.0470. The van der Waals surface area contributed by atoms with Gasteiger partial charge in [0.15, 0.2) is 0 Å². The maximum Gasteiger partial charge on any atom is 0.227 e. The van der Waals surface area contributed by atoms with Gasteiger partial charge in [0.2, 0.25) is 5.91 Å². The predicted octanol–water partition coefficient (Wildman–Crippen LogP) is 3.86. The van der Waals surface area contributed by atoms with E-state index >= 15 is 0 Å². The fourth-order valence-electron chi connectivity index (χ4n) is 3.60. The lowest BCUT2D eigenvalue weighted by Crippen LogP contribution is -2.24. The smallest absolute Gasteiger partial charge is 0.227 e. The number of anilines is 1. The SMILES string of the molecule is COCCn1c([C@H]2CC(=O)N(c3cccc(Cl)c3)C2)nc2ccccc21. The molecule has 1 aromatic heterocycles. The number of nitrogens with zero attached hydrogens (tertiary/aromatic N) is 3. The Balaban J connectivity index is 1.68. The topological polar surface area (TPSA) is 47.4 Å². The molecule has 0 N–H and O–H groups in total. The summed E-state index contributed by atoms with van der Waals surface area (Å²) >= 11 is 6.09. The highest BCUT2D eigenvalue weighted by molar-refractivity contribution is 6.30. The molecule has 2 heterocycles. The monoisotopic (exact) mass is 369 g/mol. The molecule has 5 nitrogen and oxygen atoms in total. The van der Waals surface area contributed by atoms with Crippen LogP contribution in [0.25, 0.3) is 11.0 Å². The molecule has 0 aliphatic carbocycles. The van der Waals surface area contributed by atoms with Gasteiger partial charge in [-0.3, -0.25) is 4.79 Å². The van der Waals surface area contributed by atoms with Crippen molar-refractivity contribution in [1.29, 1.82) is 0 Å². The fraction of sp³-hybridized carbons (Fsp3) is 0.300. The second-order valence-corrected chi connectivity index (χ2v) is 6.92. The summed E-state index contributed by atoms with van der Waals surface area (Å²) in [6.07, 6.45) is 0.447. The van der Waals surface area contributed by atoms with Gasteiger partial charge in [0.1, 0.15) is 5.82 Å². The fourth-order valence-corrected chi connectivity index (χ4v) is 3.78. The third-order valence-electron chi connectivity index (χ3n) is 4.81. The molecule has 1 aliphatic rings. The first-order chi connectivity index (χ1) is 12.7. The van der Waals surface area contributed by atoms with Crippen LogP contribution in [0.1, 0.15) is 18.2 Å². The first-order valence-corrected chi connectivity index (χ1v) is 9.05. The van der Waals surface area contributed by atoms with Crippen LogP contribution in [0.15, 0.2) is 48.5 Å². The molecule has 134 valence electrons. The van der Waals surface area contributed by atoms with Gasteiger partial charge in [-0.15, -0.1) is 0 Å². The molecule has 0 spiro atoms. The minimum Gasteiger partial charge on any atom is -0.383 e. The molecule has 0 unspecified atom stereocenters. The van der Waals surface area contributed by atoms with Crippen molar-refractivity contribution in [2.45, 2.75) is 18.9 Å². The highest BCUT2D eigenvalue weighted by atomic mass is 35.5. The third-order valence-corrected chi connectivity index (χ3v) is 5.05. The molecule has 4 rings (SSSR count). The van der Waals surface area contributed by atoms with Crippen LogP contribution in [0, 0.1) is 0 Å². The van der Waals surface area contributed by atoms with Crippen molar-refractivity contribution in [3.8, 4) is 0 Å². The molecule has 0 saturated carbocycles. The van der Waals surface area contributed by atoms with Crippen LogP contribution in [-0.2, 0) is 16.1 Å². The summed E-state index contributed by atoms with van der Waals surface area (Å²) < 4.78 is 7.44. The summed E-state index contributed by atoms with van der Waals surface area (Å²) in [5.74, 6) is 1.09. The van der Waals surface area contributed by atoms with Gasteiger partial charge < -0.3 is 14.2 Å². The second kappa shape index (κ2) is 7.09. The van der Waals surface area contributed by atoms with Crippen molar-refractivity contribution in [3.05, 3.63) is 59.4 Å². The Morgan fingerprint density at radius 3 is 2.88 bits per heavy atom. The number of carbonyl (C=O) groups excluding carboxylic acids is 1. The Morgan fingerprint density at radius 1 is 1.23 bits per heavy atom. The van der Waals surface area contributed by atoms with E-state index in [4.69, 9.17) is 21.3 Å². The van der Waals surface area contributed by atoms with E-state index in [2.05, 4.69) is 10.6 Å². The van der Waals surface area contributed by atoms with Gasteiger partial charge in [-0.25, -0.2) is 4.98 Å². The quantitative estimate of drug-likeness (QED) is 0.686. The van der Waals surface area contributed by atoms with E-state index in [1.165, 1.54) is 0 Å². The molecule has 6 heteroatoms. The lowest BCUT2D eigenvalue weighted by molar-refractivity contribution is -0.117. The van der Waals surface area contributed by atoms with Gasteiger partial charge in [0, 0.05) is 43.2 Å². The van der Waals surface area contributed by atoms with Crippen LogP contribution in [0.5, 0.6) is 0 Å². The highest BCUT2D eigenvalue weighted by Crippen LogP contribution is 2.33. The number of aromatic nitrogens is 2. The van der Waals surface area contributed by atoms with Crippen molar-refractivity contribution < 1.29 is 9.53 Å². The Labute approximate surface area is 157 Å². The zero-order valence-electron chi connectivity index (χ0n) is 14.6. The molecule has 0 radical (unpaired) electrons. The van der Waals surface area contributed by atoms with Crippen molar-refractivity contribution in [1.82, 2.24) is 9.55 Å². The van der Waals surface area contributed by atoms with Gasteiger partial charge in [-0.2, -0.15) is 0 Å². The lowest BCUT2D eigenvalue weighted by atomic mass is 10.1. The second-order valence-electron chi connectivity index (χ2n) is 6.49. The van der Waals surface area contributed by atoms with Crippen LogP contribution in [-0.4, -0.2) is 35.7 Å². The van der Waals surface area contributed by atoms with Crippen molar-refractivity contribution in [3.63, 3.8) is 0 Å². The molecule has 2 aromatic carbocycles. The van der Waals surface area contributed by atoms with Gasteiger partial charge in [-0.05, 0) is 30.3 Å². The largest absolute Gasteiger partial charge is 0.383 e. The first kappa shape index (κ1) is 17.1. The molecule has 1 fully saturated rings. The van der Waals surface area contributed by atoms with E-state index < -0.39 is 0 Å². The molecule has 3 aromatic rings. The summed E-state index contributed by atoms with van der Waals surface area (Å²) in [5.41, 5.74) is 2.87. The zero-order valence-corrected chi connectivity index (χ0v) is 15.3. The Morgan fingerprint density at radius 2 is 2.08 bits per heavy atom. The number of carbonyl (C=O) groups is 1. The van der Waals surface area contributed by atoms with E-state index in [0.717, 1.165) is 22.5 Å². The molecule has 1 atom stereocenters. The maximum absolute atomic E-state index is 12.6. The number of hydrogen-bond acceptors (Lipinski definition) is 3. The molecule has 26 heavy (non-hydrogen) atoms. The van der Waals surface area contributed by atoms with E-state index in [1.54, 1.807) is 12.0 Å². The van der Waals surface area contributed by atoms with E-state index in [0.29, 0.717) is 31.1 Å². The molecular formula is C20H20ClN3O2. The average Bonchev–Trinajstić information content (AvgIpc) is 3.20. The van der Waals surface area contributed by atoms with Gasteiger partial charge in [0.25, 0.3) is 0 Å². The standard InChI is InChI=1S/C20H20ClN3O2/c1-26-10-9-23-18-8-3-2-7-17(18)22-20(23)14-11-19(25)24(13-14)16-6-4-5-15(21)12-16/h2-8,12,14H,9-11,13H2,1H3/t14-/m0/s1. The number of imidazole rings is 1. The number of halogens is 1. The van der Waals surface area contributed by atoms with Crippen LogP contribution in [0.2, 0.25) is 5.02 Å². The van der Waals surface area contributed by atoms with Crippen molar-refractivity contribution >= 4 is 34.2 Å². The van der Waals surface area contributed by atoms with Crippen LogP contribution >= 0.6 is 11.6 Å². The normalized spacial score (nSPS) is 17.4. The molecule has 0 bridgehead atoms. The van der Waals surface area contributed by atoms with Gasteiger partial charge in [-0.1, -0.05) is 29.8 Å². The summed E-state index contributed by atoms with van der Waals surface area (Å²) in [6, 6.07) is 15.5. The van der Waals surface area contributed by atoms with Crippen LogP contribution in [0.4, 0.5) is 5.69 Å². The number of methoxy groups -OCH3 is 1. The number of benzene rings is 2. The first-order valence-electron chi connectivity index (χ1n) is 8.67. The molecule has 1 saturated heterocycles. The zero-order chi connectivity index (χ0) is 18.1. The summed E-state index contributed by atoms with van der Waals surface area (Å²) in [4.78, 5) is 19.3. The maximum atomic E-state index is 12.6. The number of para-hydroxylation sites is 2. The van der Waals surface area contributed by atoms with Crippen LogP contribution in [0.3, 0.4) is 0 Å². The van der Waals surface area contributed by atoms with Crippen molar-refractivity contribution in [2.75, 3.05) is 25.2 Å². The Kier molecular flexibility index (Phi) is 4.66. The lowest BCUT2D eigenvalue weighted by Gasteiger charge is -2.17. The van der Waals surface area contributed by atoms with E-state index in [1.807, 2.05) is 42.5 Å². The Bertz CT molecular complexity index is 953. The number of fused-ring (bicyclic) bond motifs is 1. The number of rotatable bonds is 5. The van der Waals surface area contributed by atoms with Crippen LogP contribution < -0.4 is 4.90 Å². The van der Waals surface area contributed by atoms with Gasteiger partial charge in [0.05, 0.1) is 17.6 Å². The molecule has 1 amide bonds. The molecular weight excluding hydrogens is 350 g/mol. The van der Waals surface area contributed by atoms with Gasteiger partial charge >= 0.3 is 0 Å². The number of hydrogen-bond donors (Lipinski definition) is 0. The average molecular weight is 370 g/mol. The minimum absolute atomic E-state index is 0.0470. The van der Waals surface area contributed by atoms with E-state index in [9.17, 15) is 4.79 Å².